The number of benzene rings is 2. The highest BCUT2D eigenvalue weighted by Gasteiger charge is 2.25. The van der Waals surface area contributed by atoms with Gasteiger partial charge in [0.2, 0.25) is 11.8 Å². The second kappa shape index (κ2) is 8.96. The van der Waals surface area contributed by atoms with Gasteiger partial charge in [0, 0.05) is 0 Å². The maximum Gasteiger partial charge on any atom is 0.243 e. The van der Waals surface area contributed by atoms with Crippen molar-refractivity contribution in [3.05, 3.63) is 71.8 Å². The molecule has 0 radical (unpaired) electrons. The molecule has 0 aliphatic rings. The van der Waals surface area contributed by atoms with Crippen LogP contribution in [0.4, 0.5) is 0 Å². The first-order chi connectivity index (χ1) is 11.6. The van der Waals surface area contributed by atoms with E-state index in [9.17, 15) is 9.59 Å². The topological polar surface area (TPSA) is 98.2 Å². The summed E-state index contributed by atoms with van der Waals surface area (Å²) < 4.78 is 0. The molecule has 0 unspecified atom stereocenters. The molecule has 0 fully saturated rings. The van der Waals surface area contributed by atoms with Crippen molar-refractivity contribution < 1.29 is 9.59 Å². The zero-order valence-electron chi connectivity index (χ0n) is 13.5. The van der Waals surface area contributed by atoms with Crippen LogP contribution in [0.5, 0.6) is 0 Å². The van der Waals surface area contributed by atoms with Gasteiger partial charge >= 0.3 is 0 Å². The van der Waals surface area contributed by atoms with Crippen molar-refractivity contribution in [3.63, 3.8) is 0 Å². The lowest BCUT2D eigenvalue weighted by Crippen LogP contribution is -2.45. The molecule has 24 heavy (non-hydrogen) atoms. The first-order valence-electron chi connectivity index (χ1n) is 8.03. The fourth-order valence-corrected chi connectivity index (χ4v) is 2.54. The van der Waals surface area contributed by atoms with Crippen molar-refractivity contribution in [1.82, 2.24) is 5.32 Å². The molecule has 0 heterocycles. The summed E-state index contributed by atoms with van der Waals surface area (Å²) in [7, 11) is 0. The number of carbonyl (C=O) groups excluding carboxylic acids is 2. The maximum atomic E-state index is 12.7. The second-order valence-electron chi connectivity index (χ2n) is 5.65. The summed E-state index contributed by atoms with van der Waals surface area (Å²) in [5, 5.41) is 2.44. The number of carbonyl (C=O) groups is 2. The van der Waals surface area contributed by atoms with Crippen molar-refractivity contribution in [2.24, 2.45) is 11.5 Å². The SMILES string of the molecule is NCCC[C@H](N)C(=O)NC(=O)C(c1ccccc1)c1ccccc1. The van der Waals surface area contributed by atoms with Gasteiger partial charge in [-0.2, -0.15) is 0 Å². The van der Waals surface area contributed by atoms with Crippen LogP contribution < -0.4 is 16.8 Å². The van der Waals surface area contributed by atoms with Gasteiger partial charge in [-0.15, -0.1) is 0 Å². The van der Waals surface area contributed by atoms with Gasteiger partial charge in [-0.25, -0.2) is 0 Å². The number of nitrogens with two attached hydrogens (primary N) is 2. The van der Waals surface area contributed by atoms with Crippen LogP contribution in [-0.2, 0) is 9.59 Å². The highest BCUT2D eigenvalue weighted by molar-refractivity contribution is 6.01. The zero-order chi connectivity index (χ0) is 17.4. The summed E-state index contributed by atoms with van der Waals surface area (Å²) in [6, 6.07) is 18.0. The van der Waals surface area contributed by atoms with E-state index in [-0.39, 0.29) is 5.91 Å². The van der Waals surface area contributed by atoms with Crippen molar-refractivity contribution in [3.8, 4) is 0 Å². The highest BCUT2D eigenvalue weighted by Crippen LogP contribution is 2.24. The van der Waals surface area contributed by atoms with E-state index in [1.807, 2.05) is 60.7 Å². The van der Waals surface area contributed by atoms with E-state index in [2.05, 4.69) is 5.32 Å². The fraction of sp³-hybridized carbons (Fsp3) is 0.263. The molecule has 5 nitrogen and oxygen atoms in total. The molecule has 2 rings (SSSR count). The van der Waals surface area contributed by atoms with E-state index < -0.39 is 17.9 Å². The number of nitrogens with one attached hydrogen (secondary N) is 1. The Balaban J connectivity index is 2.19. The Kier molecular flexibility index (Phi) is 6.66. The molecule has 0 aliphatic carbocycles. The minimum Gasteiger partial charge on any atom is -0.330 e. The lowest BCUT2D eigenvalue weighted by Gasteiger charge is -2.18. The first kappa shape index (κ1) is 17.8. The largest absolute Gasteiger partial charge is 0.330 e. The van der Waals surface area contributed by atoms with Crippen molar-refractivity contribution >= 4 is 11.8 Å². The third-order valence-corrected chi connectivity index (χ3v) is 3.83. The average Bonchev–Trinajstić information content (AvgIpc) is 2.61. The molecule has 2 aromatic rings. The van der Waals surface area contributed by atoms with E-state index >= 15 is 0 Å². The van der Waals surface area contributed by atoms with Gasteiger partial charge in [-0.3, -0.25) is 14.9 Å². The molecular weight excluding hydrogens is 302 g/mol. The molecule has 1 atom stereocenters. The molecule has 0 spiro atoms. The van der Waals surface area contributed by atoms with Crippen LogP contribution in [0.1, 0.15) is 29.9 Å². The standard InChI is InChI=1S/C19H23N3O2/c20-13-7-12-16(21)18(23)22-19(24)17(14-8-3-1-4-9-14)15-10-5-2-6-11-15/h1-6,8-11,16-17H,7,12-13,20-21H2,(H,22,23,24)/t16-/m0/s1. The molecule has 0 saturated carbocycles. The predicted octanol–water partition coefficient (Wildman–Crippen LogP) is 1.53. The molecule has 0 aliphatic heterocycles. The molecular formula is C19H23N3O2. The molecule has 2 amide bonds. The lowest BCUT2D eigenvalue weighted by molar-refractivity contribution is -0.131. The monoisotopic (exact) mass is 325 g/mol. The first-order valence-corrected chi connectivity index (χ1v) is 8.03. The van der Waals surface area contributed by atoms with E-state index in [1.165, 1.54) is 0 Å². The molecule has 0 bridgehead atoms. The summed E-state index contributed by atoms with van der Waals surface area (Å²) >= 11 is 0. The summed E-state index contributed by atoms with van der Waals surface area (Å²) in [5.74, 6) is -1.40. The van der Waals surface area contributed by atoms with Crippen molar-refractivity contribution in [2.45, 2.75) is 24.8 Å². The number of imide groups is 1. The van der Waals surface area contributed by atoms with Gasteiger partial charge in [-0.05, 0) is 30.5 Å². The molecule has 0 saturated heterocycles. The predicted molar refractivity (Wildman–Crippen MR) is 94.1 cm³/mol. The number of hydrogen-bond acceptors (Lipinski definition) is 4. The fourth-order valence-electron chi connectivity index (χ4n) is 2.54. The molecule has 5 N–H and O–H groups in total. The minimum absolute atomic E-state index is 0.374. The maximum absolute atomic E-state index is 12.7. The number of hydrogen-bond donors (Lipinski definition) is 3. The Morgan fingerprint density at radius 1 is 0.875 bits per heavy atom. The van der Waals surface area contributed by atoms with Gasteiger partial charge in [0.1, 0.15) is 0 Å². The van der Waals surface area contributed by atoms with Crippen LogP contribution in [0.25, 0.3) is 0 Å². The summed E-state index contributed by atoms with van der Waals surface area (Å²) in [4.78, 5) is 24.8. The lowest BCUT2D eigenvalue weighted by atomic mass is 9.90. The van der Waals surface area contributed by atoms with Crippen molar-refractivity contribution in [1.29, 1.82) is 0 Å². The van der Waals surface area contributed by atoms with E-state index in [1.54, 1.807) is 0 Å². The second-order valence-corrected chi connectivity index (χ2v) is 5.65. The highest BCUT2D eigenvalue weighted by atomic mass is 16.2. The molecule has 5 heteroatoms. The Hall–Kier alpha value is -2.50. The summed E-state index contributed by atoms with van der Waals surface area (Å²) in [5.41, 5.74) is 12.9. The van der Waals surface area contributed by atoms with Crippen LogP contribution in [0, 0.1) is 0 Å². The Morgan fingerprint density at radius 3 is 1.83 bits per heavy atom. The number of rotatable bonds is 7. The summed E-state index contributed by atoms with van der Waals surface area (Å²) in [6.07, 6.45) is 1.10. The van der Waals surface area contributed by atoms with Gasteiger partial charge < -0.3 is 11.5 Å². The van der Waals surface area contributed by atoms with E-state index in [0.717, 1.165) is 11.1 Å². The van der Waals surface area contributed by atoms with Crippen LogP contribution in [0.2, 0.25) is 0 Å². The van der Waals surface area contributed by atoms with E-state index in [0.29, 0.717) is 19.4 Å². The van der Waals surface area contributed by atoms with Crippen LogP contribution in [-0.4, -0.2) is 24.4 Å². The Bertz CT molecular complexity index is 619. The Labute approximate surface area is 142 Å². The normalized spacial score (nSPS) is 12.0. The van der Waals surface area contributed by atoms with E-state index in [4.69, 9.17) is 11.5 Å². The van der Waals surface area contributed by atoms with Gasteiger partial charge in [0.15, 0.2) is 0 Å². The van der Waals surface area contributed by atoms with Gasteiger partial charge in [-0.1, -0.05) is 60.7 Å². The van der Waals surface area contributed by atoms with Crippen LogP contribution in [0.15, 0.2) is 60.7 Å². The minimum atomic E-state index is -0.732. The van der Waals surface area contributed by atoms with Crippen LogP contribution in [0.3, 0.4) is 0 Å². The summed E-state index contributed by atoms with van der Waals surface area (Å²) in [6.45, 7) is 0.464. The average molecular weight is 325 g/mol. The zero-order valence-corrected chi connectivity index (χ0v) is 13.5. The van der Waals surface area contributed by atoms with Crippen molar-refractivity contribution in [2.75, 3.05) is 6.54 Å². The quantitative estimate of drug-likeness (QED) is 0.719. The number of amides is 2. The third-order valence-electron chi connectivity index (χ3n) is 3.83. The van der Waals surface area contributed by atoms with Crippen LogP contribution >= 0.6 is 0 Å². The molecule has 126 valence electrons. The Morgan fingerprint density at radius 2 is 1.38 bits per heavy atom. The third kappa shape index (κ3) is 4.75. The smallest absolute Gasteiger partial charge is 0.243 e. The van der Waals surface area contributed by atoms with Gasteiger partial charge in [0.25, 0.3) is 0 Å². The van der Waals surface area contributed by atoms with Gasteiger partial charge in [0.05, 0.1) is 12.0 Å². The molecule has 0 aromatic heterocycles. The molecule has 2 aromatic carbocycles.